The van der Waals surface area contributed by atoms with Gasteiger partial charge in [-0.1, -0.05) is 60.7 Å². The van der Waals surface area contributed by atoms with Crippen molar-refractivity contribution in [1.29, 1.82) is 0 Å². The summed E-state index contributed by atoms with van der Waals surface area (Å²) >= 11 is 1.72. The molecule has 2 amide bonds. The van der Waals surface area contributed by atoms with Crippen LogP contribution in [-0.4, -0.2) is 35.8 Å². The van der Waals surface area contributed by atoms with Gasteiger partial charge in [0, 0.05) is 30.0 Å². The molecule has 2 aromatic carbocycles. The van der Waals surface area contributed by atoms with E-state index in [1.54, 1.807) is 23.5 Å². The first kappa shape index (κ1) is 20.1. The average molecular weight is 417 g/mol. The molecule has 0 saturated carbocycles. The summed E-state index contributed by atoms with van der Waals surface area (Å²) in [6.07, 6.45) is 3.43. The van der Waals surface area contributed by atoms with Crippen molar-refractivity contribution in [3.63, 3.8) is 0 Å². The summed E-state index contributed by atoms with van der Waals surface area (Å²) in [6, 6.07) is 22.4. The quantitative estimate of drug-likeness (QED) is 0.647. The molecule has 1 atom stereocenters. The summed E-state index contributed by atoms with van der Waals surface area (Å²) in [5.74, 6) is -0.263. The first-order chi connectivity index (χ1) is 14.7. The highest BCUT2D eigenvalue weighted by atomic mass is 32.1. The molecule has 5 heteroatoms. The van der Waals surface area contributed by atoms with Crippen molar-refractivity contribution >= 4 is 28.7 Å². The monoisotopic (exact) mass is 416 g/mol. The van der Waals surface area contributed by atoms with Gasteiger partial charge in [0.05, 0.1) is 0 Å². The number of hydrogen-bond acceptors (Lipinski definition) is 3. The molecule has 1 aliphatic rings. The molecule has 1 aromatic heterocycles. The average Bonchev–Trinajstić information content (AvgIpc) is 3.34. The van der Waals surface area contributed by atoms with Crippen molar-refractivity contribution in [3.8, 4) is 0 Å². The van der Waals surface area contributed by atoms with Crippen LogP contribution in [0.3, 0.4) is 0 Å². The lowest BCUT2D eigenvalue weighted by molar-refractivity contribution is -0.132. The highest BCUT2D eigenvalue weighted by Gasteiger charge is 2.28. The molecule has 0 radical (unpaired) electrons. The Kier molecular flexibility index (Phi) is 6.40. The number of nitrogens with one attached hydrogen (secondary N) is 1. The fourth-order valence-electron chi connectivity index (χ4n) is 3.66. The number of amides is 2. The maximum Gasteiger partial charge on any atom is 0.251 e. The third-order valence-electron chi connectivity index (χ3n) is 5.28. The largest absolute Gasteiger partial charge is 0.340 e. The molecule has 1 unspecified atom stereocenters. The molecule has 3 aromatic rings. The van der Waals surface area contributed by atoms with Gasteiger partial charge in [0.1, 0.15) is 6.04 Å². The molecule has 2 heterocycles. The van der Waals surface area contributed by atoms with Crippen molar-refractivity contribution in [2.45, 2.75) is 18.9 Å². The van der Waals surface area contributed by atoms with Crippen LogP contribution in [0.1, 0.15) is 27.2 Å². The SMILES string of the molecule is O=C(NC(Cc1ccccc1)C(=O)N1CC=C(c2cccs2)CC1)c1ccccc1. The zero-order valence-corrected chi connectivity index (χ0v) is 17.5. The topological polar surface area (TPSA) is 49.4 Å². The Morgan fingerprint density at radius 3 is 2.33 bits per heavy atom. The van der Waals surface area contributed by atoms with E-state index in [-0.39, 0.29) is 11.8 Å². The molecule has 0 spiro atoms. The third kappa shape index (κ3) is 4.86. The van der Waals surface area contributed by atoms with E-state index in [9.17, 15) is 9.59 Å². The zero-order valence-electron chi connectivity index (χ0n) is 16.7. The van der Waals surface area contributed by atoms with Gasteiger partial charge in [-0.2, -0.15) is 0 Å². The van der Waals surface area contributed by atoms with E-state index in [4.69, 9.17) is 0 Å². The third-order valence-corrected chi connectivity index (χ3v) is 6.23. The first-order valence-corrected chi connectivity index (χ1v) is 11.0. The molecule has 0 bridgehead atoms. The van der Waals surface area contributed by atoms with E-state index in [0.29, 0.717) is 25.1 Å². The minimum absolute atomic E-state index is 0.0374. The lowest BCUT2D eigenvalue weighted by Crippen LogP contribution is -2.50. The molecule has 1 aliphatic heterocycles. The van der Waals surface area contributed by atoms with Crippen LogP contribution < -0.4 is 5.32 Å². The number of benzene rings is 2. The van der Waals surface area contributed by atoms with Crippen LogP contribution in [0.15, 0.2) is 84.3 Å². The summed E-state index contributed by atoms with van der Waals surface area (Å²) in [7, 11) is 0. The normalized spacial score (nSPS) is 14.7. The Hall–Kier alpha value is -3.18. The lowest BCUT2D eigenvalue weighted by atomic mass is 10.0. The van der Waals surface area contributed by atoms with Gasteiger partial charge in [-0.15, -0.1) is 11.3 Å². The van der Waals surface area contributed by atoms with E-state index < -0.39 is 6.04 Å². The molecule has 0 aliphatic carbocycles. The van der Waals surface area contributed by atoms with Gasteiger partial charge in [-0.05, 0) is 41.1 Å². The second kappa shape index (κ2) is 9.55. The van der Waals surface area contributed by atoms with Crippen LogP contribution in [0.2, 0.25) is 0 Å². The zero-order chi connectivity index (χ0) is 20.8. The van der Waals surface area contributed by atoms with Gasteiger partial charge >= 0.3 is 0 Å². The number of thiophene rings is 1. The second-order valence-corrected chi connectivity index (χ2v) is 8.27. The Morgan fingerprint density at radius 2 is 1.70 bits per heavy atom. The Labute approximate surface area is 180 Å². The molecule has 30 heavy (non-hydrogen) atoms. The number of carbonyl (C=O) groups excluding carboxylic acids is 2. The molecule has 0 saturated heterocycles. The van der Waals surface area contributed by atoms with Crippen LogP contribution in [0.5, 0.6) is 0 Å². The van der Waals surface area contributed by atoms with Crippen molar-refractivity contribution in [1.82, 2.24) is 10.2 Å². The molecule has 152 valence electrons. The van der Waals surface area contributed by atoms with Crippen LogP contribution >= 0.6 is 11.3 Å². The van der Waals surface area contributed by atoms with Crippen molar-refractivity contribution in [2.75, 3.05) is 13.1 Å². The molecule has 1 N–H and O–H groups in total. The predicted molar refractivity (Wildman–Crippen MR) is 121 cm³/mol. The summed E-state index contributed by atoms with van der Waals surface area (Å²) in [5, 5.41) is 5.04. The van der Waals surface area contributed by atoms with Crippen molar-refractivity contribution in [2.24, 2.45) is 0 Å². The summed E-state index contributed by atoms with van der Waals surface area (Å²) in [6.45, 7) is 1.23. The minimum atomic E-state index is -0.600. The predicted octanol–water partition coefficient (Wildman–Crippen LogP) is 4.41. The van der Waals surface area contributed by atoms with E-state index in [2.05, 4.69) is 22.8 Å². The van der Waals surface area contributed by atoms with E-state index in [0.717, 1.165) is 12.0 Å². The minimum Gasteiger partial charge on any atom is -0.340 e. The first-order valence-electron chi connectivity index (χ1n) is 10.1. The van der Waals surface area contributed by atoms with Crippen LogP contribution in [0.25, 0.3) is 5.57 Å². The maximum absolute atomic E-state index is 13.3. The van der Waals surface area contributed by atoms with Gasteiger partial charge in [-0.3, -0.25) is 9.59 Å². The highest BCUT2D eigenvalue weighted by molar-refractivity contribution is 7.11. The summed E-state index contributed by atoms with van der Waals surface area (Å²) < 4.78 is 0. The van der Waals surface area contributed by atoms with E-state index >= 15 is 0 Å². The van der Waals surface area contributed by atoms with E-state index in [1.165, 1.54) is 10.5 Å². The molecular formula is C25H24N2O2S. The smallest absolute Gasteiger partial charge is 0.251 e. The lowest BCUT2D eigenvalue weighted by Gasteiger charge is -2.30. The Morgan fingerprint density at radius 1 is 0.967 bits per heavy atom. The van der Waals surface area contributed by atoms with E-state index in [1.807, 2.05) is 59.5 Å². The summed E-state index contributed by atoms with van der Waals surface area (Å²) in [5.41, 5.74) is 2.87. The highest BCUT2D eigenvalue weighted by Crippen LogP contribution is 2.26. The fourth-order valence-corrected chi connectivity index (χ4v) is 4.45. The van der Waals surface area contributed by atoms with Crippen LogP contribution in [0.4, 0.5) is 0 Å². The van der Waals surface area contributed by atoms with Crippen LogP contribution in [-0.2, 0) is 11.2 Å². The van der Waals surface area contributed by atoms with Gasteiger partial charge < -0.3 is 10.2 Å². The fraction of sp³-hybridized carbons (Fsp3) is 0.200. The molecule has 4 rings (SSSR count). The number of nitrogens with zero attached hydrogens (tertiary/aromatic N) is 1. The van der Waals surface area contributed by atoms with Gasteiger partial charge in [0.25, 0.3) is 5.91 Å². The van der Waals surface area contributed by atoms with Gasteiger partial charge in [-0.25, -0.2) is 0 Å². The Bertz CT molecular complexity index is 1010. The molecule has 0 fully saturated rings. The summed E-state index contributed by atoms with van der Waals surface area (Å²) in [4.78, 5) is 29.2. The number of carbonyl (C=O) groups is 2. The maximum atomic E-state index is 13.3. The van der Waals surface area contributed by atoms with Crippen molar-refractivity contribution in [3.05, 3.63) is 100 Å². The number of rotatable bonds is 6. The Balaban J connectivity index is 1.50. The number of hydrogen-bond donors (Lipinski definition) is 1. The standard InChI is InChI=1S/C25H24N2O2S/c28-24(21-10-5-2-6-11-21)26-22(18-19-8-3-1-4-9-19)25(29)27-15-13-20(14-16-27)23-12-7-17-30-23/h1-13,17,22H,14-16,18H2,(H,26,28). The molecule has 4 nitrogen and oxygen atoms in total. The van der Waals surface area contributed by atoms with Gasteiger partial charge in [0.15, 0.2) is 0 Å². The van der Waals surface area contributed by atoms with Gasteiger partial charge in [0.2, 0.25) is 5.91 Å². The van der Waals surface area contributed by atoms with Crippen molar-refractivity contribution < 1.29 is 9.59 Å². The second-order valence-electron chi connectivity index (χ2n) is 7.32. The van der Waals surface area contributed by atoms with Crippen LogP contribution in [0, 0.1) is 0 Å². The molecular weight excluding hydrogens is 392 g/mol.